The number of hydrogen-bond acceptors (Lipinski definition) is 4. The van der Waals surface area contributed by atoms with Crippen molar-refractivity contribution < 1.29 is 14.3 Å². The second kappa shape index (κ2) is 9.77. The Morgan fingerprint density at radius 3 is 2.33 bits per heavy atom. The molecule has 4 aromatic rings. The zero-order valence-electron chi connectivity index (χ0n) is 19.5. The molecule has 1 heterocycles. The lowest BCUT2D eigenvalue weighted by molar-refractivity contribution is -0.134. The van der Waals surface area contributed by atoms with Crippen LogP contribution in [0.4, 0.5) is 0 Å². The van der Waals surface area contributed by atoms with Crippen molar-refractivity contribution in [1.29, 1.82) is 0 Å². The summed E-state index contributed by atoms with van der Waals surface area (Å²) in [5, 5.41) is 0. The molecule has 0 bridgehead atoms. The summed E-state index contributed by atoms with van der Waals surface area (Å²) < 4.78 is 12.9. The lowest BCUT2D eigenvalue weighted by atomic mass is 10.1. The molecule has 0 saturated heterocycles. The van der Waals surface area contributed by atoms with Crippen LogP contribution in [0.5, 0.6) is 11.5 Å². The van der Waals surface area contributed by atoms with Gasteiger partial charge in [0.05, 0.1) is 25.3 Å². The Hall–Kier alpha value is -3.80. The van der Waals surface area contributed by atoms with E-state index in [1.54, 1.807) is 14.2 Å². The molecule has 0 saturated carbocycles. The summed E-state index contributed by atoms with van der Waals surface area (Å²) >= 11 is 0. The van der Waals surface area contributed by atoms with E-state index in [4.69, 9.17) is 14.5 Å². The lowest BCUT2D eigenvalue weighted by Crippen LogP contribution is -2.38. The van der Waals surface area contributed by atoms with Crippen molar-refractivity contribution in [3.8, 4) is 22.9 Å². The molecule has 3 aromatic carbocycles. The van der Waals surface area contributed by atoms with Crippen LogP contribution in [0.25, 0.3) is 22.4 Å². The highest BCUT2D eigenvalue weighted by Gasteiger charge is 2.22. The Kier molecular flexibility index (Phi) is 6.63. The van der Waals surface area contributed by atoms with Gasteiger partial charge in [-0.25, -0.2) is 4.98 Å². The Labute approximate surface area is 194 Å². The van der Waals surface area contributed by atoms with Gasteiger partial charge in [-0.2, -0.15) is 0 Å². The number of aromatic nitrogens is 2. The predicted octanol–water partition coefficient (Wildman–Crippen LogP) is 5.16. The van der Waals surface area contributed by atoms with Crippen LogP contribution in [-0.2, 0) is 17.9 Å². The van der Waals surface area contributed by atoms with Crippen LogP contribution in [0.1, 0.15) is 19.4 Å². The van der Waals surface area contributed by atoms with Crippen LogP contribution in [0.15, 0.2) is 72.8 Å². The van der Waals surface area contributed by atoms with Crippen molar-refractivity contribution in [2.45, 2.75) is 33.0 Å². The number of methoxy groups -OCH3 is 2. The smallest absolute Gasteiger partial charge is 0.243 e. The largest absolute Gasteiger partial charge is 0.493 e. The zero-order valence-corrected chi connectivity index (χ0v) is 19.5. The van der Waals surface area contributed by atoms with Gasteiger partial charge in [-0.15, -0.1) is 0 Å². The van der Waals surface area contributed by atoms with Crippen molar-refractivity contribution in [1.82, 2.24) is 14.5 Å². The van der Waals surface area contributed by atoms with E-state index in [1.807, 2.05) is 96.1 Å². The normalized spacial score (nSPS) is 11.1. The van der Waals surface area contributed by atoms with Gasteiger partial charge in [0.25, 0.3) is 0 Å². The number of fused-ring (bicyclic) bond motifs is 1. The van der Waals surface area contributed by atoms with E-state index in [0.717, 1.165) is 22.2 Å². The first-order valence-corrected chi connectivity index (χ1v) is 11.0. The number of para-hydroxylation sites is 2. The first kappa shape index (κ1) is 22.4. The van der Waals surface area contributed by atoms with Gasteiger partial charge in [0.1, 0.15) is 12.4 Å². The molecule has 0 aliphatic carbocycles. The molecule has 6 heteroatoms. The highest BCUT2D eigenvalue weighted by atomic mass is 16.5. The van der Waals surface area contributed by atoms with E-state index >= 15 is 0 Å². The minimum atomic E-state index is 0.0405. The minimum Gasteiger partial charge on any atom is -0.493 e. The number of hydrogen-bond donors (Lipinski definition) is 0. The molecular formula is C27H29N3O3. The van der Waals surface area contributed by atoms with Gasteiger partial charge in [-0.05, 0) is 49.7 Å². The number of carbonyl (C=O) groups excluding carboxylic acids is 1. The van der Waals surface area contributed by atoms with E-state index in [1.165, 1.54) is 0 Å². The summed E-state index contributed by atoms with van der Waals surface area (Å²) in [7, 11) is 3.22. The highest BCUT2D eigenvalue weighted by Crippen LogP contribution is 2.33. The van der Waals surface area contributed by atoms with Crippen LogP contribution >= 0.6 is 0 Å². The third kappa shape index (κ3) is 4.70. The Morgan fingerprint density at radius 2 is 1.64 bits per heavy atom. The number of carbonyl (C=O) groups is 1. The molecule has 0 radical (unpaired) electrons. The number of nitrogens with zero attached hydrogens (tertiary/aromatic N) is 3. The van der Waals surface area contributed by atoms with Gasteiger partial charge in [-0.3, -0.25) is 4.79 Å². The molecule has 170 valence electrons. The number of ether oxygens (including phenoxy) is 2. The van der Waals surface area contributed by atoms with Gasteiger partial charge in [0, 0.05) is 18.2 Å². The SMILES string of the molecule is COc1ccc(-c2nc3ccccc3n2CC(=O)N(Cc2ccccc2)C(C)C)cc1OC. The Bertz CT molecular complexity index is 1250. The van der Waals surface area contributed by atoms with Gasteiger partial charge in [0.15, 0.2) is 11.5 Å². The molecule has 0 unspecified atom stereocenters. The maximum Gasteiger partial charge on any atom is 0.243 e. The fourth-order valence-corrected chi connectivity index (χ4v) is 4.00. The standard InChI is InChI=1S/C27H29N3O3/c1-19(2)29(17-20-10-6-5-7-11-20)26(31)18-30-23-13-9-8-12-22(23)28-27(30)21-14-15-24(32-3)25(16-21)33-4/h5-16,19H,17-18H2,1-4H3. The summed E-state index contributed by atoms with van der Waals surface area (Å²) in [6.07, 6.45) is 0. The van der Waals surface area contributed by atoms with Crippen molar-refractivity contribution in [2.75, 3.05) is 14.2 Å². The number of amides is 1. The van der Waals surface area contributed by atoms with Crippen LogP contribution in [-0.4, -0.2) is 40.6 Å². The second-order valence-corrected chi connectivity index (χ2v) is 8.18. The average molecular weight is 444 g/mol. The Morgan fingerprint density at radius 1 is 0.939 bits per heavy atom. The average Bonchev–Trinajstić information content (AvgIpc) is 3.20. The maximum absolute atomic E-state index is 13.5. The van der Waals surface area contributed by atoms with Crippen LogP contribution in [0, 0.1) is 0 Å². The summed E-state index contributed by atoms with van der Waals surface area (Å²) in [6.45, 7) is 4.84. The number of benzene rings is 3. The van der Waals surface area contributed by atoms with Gasteiger partial charge < -0.3 is 18.9 Å². The molecule has 1 amide bonds. The van der Waals surface area contributed by atoms with Crippen LogP contribution < -0.4 is 9.47 Å². The molecule has 1 aromatic heterocycles. The Balaban J connectivity index is 1.73. The fraction of sp³-hybridized carbons (Fsp3) is 0.259. The monoisotopic (exact) mass is 443 g/mol. The predicted molar refractivity (Wildman–Crippen MR) is 130 cm³/mol. The van der Waals surface area contributed by atoms with Crippen molar-refractivity contribution in [3.63, 3.8) is 0 Å². The quantitative estimate of drug-likeness (QED) is 0.378. The van der Waals surface area contributed by atoms with E-state index in [9.17, 15) is 4.79 Å². The van der Waals surface area contributed by atoms with Gasteiger partial charge in [-0.1, -0.05) is 42.5 Å². The lowest BCUT2D eigenvalue weighted by Gasteiger charge is -2.27. The molecule has 4 rings (SSSR count). The molecule has 0 aliphatic heterocycles. The summed E-state index contributed by atoms with van der Waals surface area (Å²) in [6, 6.07) is 23.7. The van der Waals surface area contributed by atoms with Crippen molar-refractivity contribution in [3.05, 3.63) is 78.4 Å². The molecule has 33 heavy (non-hydrogen) atoms. The minimum absolute atomic E-state index is 0.0405. The third-order valence-electron chi connectivity index (χ3n) is 5.73. The molecule has 0 N–H and O–H groups in total. The van der Waals surface area contributed by atoms with Gasteiger partial charge >= 0.3 is 0 Å². The molecule has 6 nitrogen and oxygen atoms in total. The summed E-state index contributed by atoms with van der Waals surface area (Å²) in [5.41, 5.74) is 3.72. The zero-order chi connectivity index (χ0) is 23.4. The van der Waals surface area contributed by atoms with Crippen molar-refractivity contribution in [2.24, 2.45) is 0 Å². The summed E-state index contributed by atoms with van der Waals surface area (Å²) in [5.74, 6) is 2.02. The molecule has 0 spiro atoms. The highest BCUT2D eigenvalue weighted by molar-refractivity contribution is 5.85. The first-order chi connectivity index (χ1) is 16.0. The topological polar surface area (TPSA) is 56.6 Å². The van der Waals surface area contributed by atoms with E-state index < -0.39 is 0 Å². The number of imidazole rings is 1. The van der Waals surface area contributed by atoms with Crippen LogP contribution in [0.2, 0.25) is 0 Å². The van der Waals surface area contributed by atoms with Crippen molar-refractivity contribution >= 4 is 16.9 Å². The van der Waals surface area contributed by atoms with E-state index in [2.05, 4.69) is 0 Å². The molecular weight excluding hydrogens is 414 g/mol. The second-order valence-electron chi connectivity index (χ2n) is 8.18. The van der Waals surface area contributed by atoms with E-state index in [-0.39, 0.29) is 18.5 Å². The molecule has 0 atom stereocenters. The van der Waals surface area contributed by atoms with E-state index in [0.29, 0.717) is 23.9 Å². The number of rotatable bonds is 8. The summed E-state index contributed by atoms with van der Waals surface area (Å²) in [4.78, 5) is 20.3. The van der Waals surface area contributed by atoms with Crippen LogP contribution in [0.3, 0.4) is 0 Å². The molecule has 0 aliphatic rings. The molecule has 0 fully saturated rings. The van der Waals surface area contributed by atoms with Gasteiger partial charge in [0.2, 0.25) is 5.91 Å². The maximum atomic E-state index is 13.5. The fourth-order valence-electron chi connectivity index (χ4n) is 4.00. The third-order valence-corrected chi connectivity index (χ3v) is 5.73. The first-order valence-electron chi connectivity index (χ1n) is 11.0.